The summed E-state index contributed by atoms with van der Waals surface area (Å²) in [7, 11) is 2.04. The molecule has 4 nitrogen and oxygen atoms in total. The number of rotatable bonds is 7. The fourth-order valence-electron chi connectivity index (χ4n) is 3.20. The second-order valence-corrected chi connectivity index (χ2v) is 8.79. The molecule has 0 saturated carbocycles. The van der Waals surface area contributed by atoms with Crippen LogP contribution in [0.25, 0.3) is 10.7 Å². The summed E-state index contributed by atoms with van der Waals surface area (Å²) in [6.45, 7) is 3.94. The lowest BCUT2D eigenvalue weighted by atomic mass is 9.87. The van der Waals surface area contributed by atoms with Crippen molar-refractivity contribution in [3.63, 3.8) is 0 Å². The molecule has 0 bridgehead atoms. The number of fused-ring (bicyclic) bond motifs is 1. The highest BCUT2D eigenvalue weighted by atomic mass is 32.2. The number of nitrogens with zero attached hydrogens (tertiary/aromatic N) is 3. The van der Waals surface area contributed by atoms with E-state index in [1.807, 2.05) is 18.4 Å². The molecule has 3 rings (SSSR count). The van der Waals surface area contributed by atoms with E-state index < -0.39 is 0 Å². The van der Waals surface area contributed by atoms with Gasteiger partial charge in [-0.3, -0.25) is 0 Å². The van der Waals surface area contributed by atoms with Crippen LogP contribution in [0.5, 0.6) is 0 Å². The van der Waals surface area contributed by atoms with Gasteiger partial charge in [-0.25, -0.2) is 0 Å². The first-order chi connectivity index (χ1) is 11.6. The van der Waals surface area contributed by atoms with Crippen molar-refractivity contribution in [2.24, 2.45) is 13.0 Å². The number of carbonyl (C=O) groups excluding carboxylic acids is 1. The van der Waals surface area contributed by atoms with E-state index in [1.165, 1.54) is 41.0 Å². The molecule has 0 saturated heterocycles. The summed E-state index contributed by atoms with van der Waals surface area (Å²) in [5.41, 5.74) is 1.52. The molecule has 2 heterocycles. The van der Waals surface area contributed by atoms with Gasteiger partial charge in [0.05, 0.1) is 4.88 Å². The van der Waals surface area contributed by atoms with Crippen molar-refractivity contribution in [3.8, 4) is 10.7 Å². The molecule has 0 amide bonds. The standard InChI is InChI=1S/C18H25N3OS2/c1-4-13-7-8-15-14(10-13)11-16(24-15)17-19-20-18(21(17)3)23-9-5-6-12(2)22/h11,13H,4-10H2,1-3H3. The predicted octanol–water partition coefficient (Wildman–Crippen LogP) is 4.52. The summed E-state index contributed by atoms with van der Waals surface area (Å²) in [6, 6.07) is 2.33. The molecule has 6 heteroatoms. The second-order valence-electron chi connectivity index (χ2n) is 6.60. The van der Waals surface area contributed by atoms with Gasteiger partial charge in [0.25, 0.3) is 0 Å². The minimum Gasteiger partial charge on any atom is -0.305 e. The molecule has 2 aromatic heterocycles. The van der Waals surface area contributed by atoms with Gasteiger partial charge in [0.2, 0.25) is 0 Å². The van der Waals surface area contributed by atoms with Crippen LogP contribution in [0, 0.1) is 5.92 Å². The first-order valence-corrected chi connectivity index (χ1v) is 10.5. The van der Waals surface area contributed by atoms with Crippen LogP contribution in [0.2, 0.25) is 0 Å². The molecule has 1 unspecified atom stereocenters. The third kappa shape index (κ3) is 3.91. The van der Waals surface area contributed by atoms with E-state index in [0.717, 1.165) is 29.1 Å². The third-order valence-corrected chi connectivity index (χ3v) is 7.06. The Balaban J connectivity index is 1.70. The molecule has 1 aliphatic rings. The average molecular weight is 364 g/mol. The highest BCUT2D eigenvalue weighted by molar-refractivity contribution is 7.99. The maximum absolute atomic E-state index is 11.0. The molecule has 1 aliphatic carbocycles. The Hall–Kier alpha value is -1.14. The molecule has 0 fully saturated rings. The number of Topliss-reactive ketones (excluding diaryl/α,β-unsaturated/α-hetero) is 1. The molecule has 130 valence electrons. The van der Waals surface area contributed by atoms with Crippen LogP contribution in [-0.2, 0) is 24.7 Å². The minimum absolute atomic E-state index is 0.254. The van der Waals surface area contributed by atoms with Crippen molar-refractivity contribution in [1.82, 2.24) is 14.8 Å². The first kappa shape index (κ1) is 17.7. The summed E-state index contributed by atoms with van der Waals surface area (Å²) < 4.78 is 2.09. The van der Waals surface area contributed by atoms with Gasteiger partial charge in [-0.1, -0.05) is 25.1 Å². The van der Waals surface area contributed by atoms with Gasteiger partial charge in [0, 0.05) is 24.1 Å². The summed E-state index contributed by atoms with van der Waals surface area (Å²) in [5, 5.41) is 9.70. The van der Waals surface area contributed by atoms with Crippen molar-refractivity contribution >= 4 is 28.9 Å². The van der Waals surface area contributed by atoms with Gasteiger partial charge >= 0.3 is 0 Å². The number of thiophene rings is 1. The molecule has 0 aliphatic heterocycles. The predicted molar refractivity (Wildman–Crippen MR) is 101 cm³/mol. The van der Waals surface area contributed by atoms with Crippen LogP contribution in [0.4, 0.5) is 0 Å². The minimum atomic E-state index is 0.254. The van der Waals surface area contributed by atoms with Crippen molar-refractivity contribution in [3.05, 3.63) is 16.5 Å². The summed E-state index contributed by atoms with van der Waals surface area (Å²) in [6.07, 6.45) is 6.56. The van der Waals surface area contributed by atoms with Crippen LogP contribution >= 0.6 is 23.1 Å². The van der Waals surface area contributed by atoms with Crippen LogP contribution < -0.4 is 0 Å². The molecular formula is C18H25N3OS2. The molecule has 0 spiro atoms. The van der Waals surface area contributed by atoms with Crippen LogP contribution in [-0.4, -0.2) is 26.3 Å². The Morgan fingerprint density at radius 1 is 1.46 bits per heavy atom. The van der Waals surface area contributed by atoms with Gasteiger partial charge in [-0.15, -0.1) is 21.5 Å². The Morgan fingerprint density at radius 2 is 2.29 bits per heavy atom. The lowest BCUT2D eigenvalue weighted by Crippen LogP contribution is -2.10. The SMILES string of the molecule is CCC1CCc2sc(-c3nnc(SCCCC(C)=O)n3C)cc2C1. The van der Waals surface area contributed by atoms with E-state index in [4.69, 9.17) is 0 Å². The number of ketones is 1. The topological polar surface area (TPSA) is 47.8 Å². The first-order valence-electron chi connectivity index (χ1n) is 8.72. The molecule has 0 aromatic carbocycles. The van der Waals surface area contributed by atoms with Crippen molar-refractivity contribution in [1.29, 1.82) is 0 Å². The Labute approximate surface area is 152 Å². The van der Waals surface area contributed by atoms with Gasteiger partial charge in [0.15, 0.2) is 11.0 Å². The zero-order valence-corrected chi connectivity index (χ0v) is 16.3. The Bertz CT molecular complexity index is 720. The van der Waals surface area contributed by atoms with Crippen LogP contribution in [0.15, 0.2) is 11.2 Å². The molecule has 2 aromatic rings. The van der Waals surface area contributed by atoms with Crippen molar-refractivity contribution in [2.45, 2.75) is 57.5 Å². The maximum Gasteiger partial charge on any atom is 0.191 e. The van der Waals surface area contributed by atoms with Crippen LogP contribution in [0.1, 0.15) is 50.0 Å². The lowest BCUT2D eigenvalue weighted by Gasteiger charge is -2.19. The normalized spacial score (nSPS) is 17.0. The number of carbonyl (C=O) groups is 1. The zero-order chi connectivity index (χ0) is 17.1. The van der Waals surface area contributed by atoms with Crippen molar-refractivity contribution < 1.29 is 4.79 Å². The zero-order valence-electron chi connectivity index (χ0n) is 14.7. The number of aromatic nitrogens is 3. The van der Waals surface area contributed by atoms with E-state index in [9.17, 15) is 4.79 Å². The largest absolute Gasteiger partial charge is 0.305 e. The monoisotopic (exact) mass is 363 g/mol. The second kappa shape index (κ2) is 7.83. The molecular weight excluding hydrogens is 338 g/mol. The van der Waals surface area contributed by atoms with E-state index in [1.54, 1.807) is 18.7 Å². The fourth-order valence-corrected chi connectivity index (χ4v) is 5.28. The number of hydrogen-bond donors (Lipinski definition) is 0. The van der Waals surface area contributed by atoms with Crippen molar-refractivity contribution in [2.75, 3.05) is 5.75 Å². The number of hydrogen-bond acceptors (Lipinski definition) is 5. The number of thioether (sulfide) groups is 1. The van der Waals surface area contributed by atoms with E-state index in [-0.39, 0.29) is 5.78 Å². The van der Waals surface area contributed by atoms with E-state index in [0.29, 0.717) is 6.42 Å². The smallest absolute Gasteiger partial charge is 0.191 e. The summed E-state index contributed by atoms with van der Waals surface area (Å²) in [4.78, 5) is 13.8. The quantitative estimate of drug-likeness (QED) is 0.536. The molecule has 0 N–H and O–H groups in total. The Kier molecular flexibility index (Phi) is 5.76. The fraction of sp³-hybridized carbons (Fsp3) is 0.611. The Morgan fingerprint density at radius 3 is 3.04 bits per heavy atom. The van der Waals surface area contributed by atoms with Crippen LogP contribution in [0.3, 0.4) is 0 Å². The highest BCUT2D eigenvalue weighted by Crippen LogP contribution is 2.38. The lowest BCUT2D eigenvalue weighted by molar-refractivity contribution is -0.117. The number of aryl methyl sites for hydroxylation is 1. The molecule has 0 radical (unpaired) electrons. The van der Waals surface area contributed by atoms with E-state index in [2.05, 4.69) is 27.8 Å². The highest BCUT2D eigenvalue weighted by Gasteiger charge is 2.22. The van der Waals surface area contributed by atoms with E-state index >= 15 is 0 Å². The summed E-state index contributed by atoms with van der Waals surface area (Å²) >= 11 is 3.57. The van der Waals surface area contributed by atoms with Gasteiger partial charge in [-0.2, -0.15) is 0 Å². The third-order valence-electron chi connectivity index (χ3n) is 4.72. The van der Waals surface area contributed by atoms with Gasteiger partial charge < -0.3 is 9.36 Å². The molecule has 24 heavy (non-hydrogen) atoms. The average Bonchev–Trinajstić information content (AvgIpc) is 3.14. The molecule has 1 atom stereocenters. The van der Waals surface area contributed by atoms with Gasteiger partial charge in [-0.05, 0) is 50.2 Å². The summed E-state index contributed by atoms with van der Waals surface area (Å²) in [5.74, 6) is 2.97. The van der Waals surface area contributed by atoms with Gasteiger partial charge in [0.1, 0.15) is 5.78 Å². The maximum atomic E-state index is 11.0.